The predicted octanol–water partition coefficient (Wildman–Crippen LogP) is 3.51. The maximum atomic E-state index is 5.75. The second-order valence-electron chi connectivity index (χ2n) is 4.54. The molecule has 0 aromatic carbocycles. The molecule has 2 rings (SSSR count). The Morgan fingerprint density at radius 3 is 2.81 bits per heavy atom. The van der Waals surface area contributed by atoms with Crippen molar-refractivity contribution in [1.82, 2.24) is 9.97 Å². The Morgan fingerprint density at radius 2 is 2.12 bits per heavy atom. The van der Waals surface area contributed by atoms with Crippen molar-refractivity contribution < 1.29 is 0 Å². The SMILES string of the molecule is CC(Nc1ccnc(Cl)n1)C1CCCCC1. The maximum Gasteiger partial charge on any atom is 0.224 e. The van der Waals surface area contributed by atoms with Crippen LogP contribution in [0.3, 0.4) is 0 Å². The Balaban J connectivity index is 1.93. The monoisotopic (exact) mass is 239 g/mol. The largest absolute Gasteiger partial charge is 0.367 e. The first kappa shape index (κ1) is 11.6. The summed E-state index contributed by atoms with van der Waals surface area (Å²) in [6, 6.07) is 2.33. The molecule has 0 saturated heterocycles. The number of halogens is 1. The zero-order valence-corrected chi connectivity index (χ0v) is 10.4. The number of aromatic nitrogens is 2. The summed E-state index contributed by atoms with van der Waals surface area (Å²) >= 11 is 5.75. The van der Waals surface area contributed by atoms with Gasteiger partial charge in [0, 0.05) is 12.2 Å². The molecule has 88 valence electrons. The van der Waals surface area contributed by atoms with Gasteiger partial charge < -0.3 is 5.32 Å². The molecule has 0 aliphatic heterocycles. The predicted molar refractivity (Wildman–Crippen MR) is 66.7 cm³/mol. The minimum Gasteiger partial charge on any atom is -0.367 e. The van der Waals surface area contributed by atoms with Gasteiger partial charge in [0.15, 0.2) is 0 Å². The molecule has 1 heterocycles. The fourth-order valence-corrected chi connectivity index (χ4v) is 2.55. The molecule has 1 aromatic rings. The van der Waals surface area contributed by atoms with E-state index in [0.29, 0.717) is 11.3 Å². The normalized spacial score (nSPS) is 19.4. The van der Waals surface area contributed by atoms with Crippen LogP contribution in [0.2, 0.25) is 5.28 Å². The van der Waals surface area contributed by atoms with Crippen LogP contribution in [0.25, 0.3) is 0 Å². The smallest absolute Gasteiger partial charge is 0.224 e. The van der Waals surface area contributed by atoms with E-state index in [2.05, 4.69) is 22.2 Å². The Kier molecular flexibility index (Phi) is 3.99. The van der Waals surface area contributed by atoms with E-state index in [9.17, 15) is 0 Å². The molecule has 1 aliphatic carbocycles. The van der Waals surface area contributed by atoms with Crippen LogP contribution >= 0.6 is 11.6 Å². The van der Waals surface area contributed by atoms with Crippen LogP contribution in [-0.4, -0.2) is 16.0 Å². The molecule has 1 fully saturated rings. The second-order valence-corrected chi connectivity index (χ2v) is 4.88. The molecular weight excluding hydrogens is 222 g/mol. The fraction of sp³-hybridized carbons (Fsp3) is 0.667. The van der Waals surface area contributed by atoms with E-state index >= 15 is 0 Å². The van der Waals surface area contributed by atoms with Crippen molar-refractivity contribution in [2.75, 3.05) is 5.32 Å². The van der Waals surface area contributed by atoms with Crippen LogP contribution in [0.5, 0.6) is 0 Å². The molecule has 1 aliphatic rings. The summed E-state index contributed by atoms with van der Waals surface area (Å²) in [4.78, 5) is 8.03. The van der Waals surface area contributed by atoms with Gasteiger partial charge >= 0.3 is 0 Å². The molecule has 4 heteroatoms. The third kappa shape index (κ3) is 3.08. The Hall–Kier alpha value is -0.830. The van der Waals surface area contributed by atoms with Crippen molar-refractivity contribution >= 4 is 17.4 Å². The van der Waals surface area contributed by atoms with Gasteiger partial charge in [-0.25, -0.2) is 9.97 Å². The van der Waals surface area contributed by atoms with Gasteiger partial charge in [0.1, 0.15) is 5.82 Å². The van der Waals surface area contributed by atoms with E-state index in [1.165, 1.54) is 32.1 Å². The number of hydrogen-bond donors (Lipinski definition) is 1. The molecule has 1 N–H and O–H groups in total. The number of nitrogens with zero attached hydrogens (tertiary/aromatic N) is 2. The number of hydrogen-bond acceptors (Lipinski definition) is 3. The third-order valence-corrected chi connectivity index (χ3v) is 3.54. The Bertz CT molecular complexity index is 337. The lowest BCUT2D eigenvalue weighted by molar-refractivity contribution is 0.328. The van der Waals surface area contributed by atoms with Crippen molar-refractivity contribution in [2.45, 2.75) is 45.1 Å². The van der Waals surface area contributed by atoms with Crippen LogP contribution in [-0.2, 0) is 0 Å². The van der Waals surface area contributed by atoms with Gasteiger partial charge in [0.05, 0.1) is 0 Å². The minimum absolute atomic E-state index is 0.306. The van der Waals surface area contributed by atoms with Gasteiger partial charge in [0.25, 0.3) is 0 Å². The summed E-state index contributed by atoms with van der Waals surface area (Å²) in [6.07, 6.45) is 8.45. The fourth-order valence-electron chi connectivity index (χ4n) is 2.40. The van der Waals surface area contributed by atoms with Crippen LogP contribution in [0.4, 0.5) is 5.82 Å². The highest BCUT2D eigenvalue weighted by atomic mass is 35.5. The van der Waals surface area contributed by atoms with Crippen molar-refractivity contribution in [3.63, 3.8) is 0 Å². The lowest BCUT2D eigenvalue weighted by Gasteiger charge is -2.28. The summed E-state index contributed by atoms with van der Waals surface area (Å²) in [6.45, 7) is 2.23. The van der Waals surface area contributed by atoms with E-state index in [4.69, 9.17) is 11.6 Å². The van der Waals surface area contributed by atoms with Crippen molar-refractivity contribution in [3.05, 3.63) is 17.5 Å². The van der Waals surface area contributed by atoms with Gasteiger partial charge in [-0.3, -0.25) is 0 Å². The summed E-state index contributed by atoms with van der Waals surface area (Å²) in [5, 5.41) is 3.72. The van der Waals surface area contributed by atoms with E-state index in [0.717, 1.165) is 11.7 Å². The van der Waals surface area contributed by atoms with E-state index in [1.807, 2.05) is 6.07 Å². The average Bonchev–Trinajstić information content (AvgIpc) is 2.30. The first-order chi connectivity index (χ1) is 7.75. The van der Waals surface area contributed by atoms with Gasteiger partial charge in [0.2, 0.25) is 5.28 Å². The maximum absolute atomic E-state index is 5.75. The lowest BCUT2D eigenvalue weighted by Crippen LogP contribution is -2.28. The van der Waals surface area contributed by atoms with Crippen molar-refractivity contribution in [3.8, 4) is 0 Å². The first-order valence-electron chi connectivity index (χ1n) is 6.01. The number of rotatable bonds is 3. The molecule has 1 atom stereocenters. The quantitative estimate of drug-likeness (QED) is 0.821. The molecular formula is C12H18ClN3. The van der Waals surface area contributed by atoms with Gasteiger partial charge in [-0.2, -0.15) is 0 Å². The van der Waals surface area contributed by atoms with Gasteiger partial charge in [-0.1, -0.05) is 19.3 Å². The summed E-state index contributed by atoms with van der Waals surface area (Å²) in [5.74, 6) is 1.60. The molecule has 0 radical (unpaired) electrons. The molecule has 0 bridgehead atoms. The van der Waals surface area contributed by atoms with Gasteiger partial charge in [-0.05, 0) is 43.4 Å². The van der Waals surface area contributed by atoms with E-state index in [-0.39, 0.29) is 0 Å². The summed E-state index contributed by atoms with van der Waals surface area (Å²) < 4.78 is 0. The second kappa shape index (κ2) is 5.48. The topological polar surface area (TPSA) is 37.8 Å². The molecule has 1 aromatic heterocycles. The van der Waals surface area contributed by atoms with Crippen LogP contribution in [0.1, 0.15) is 39.0 Å². The lowest BCUT2D eigenvalue weighted by atomic mass is 9.84. The van der Waals surface area contributed by atoms with E-state index in [1.54, 1.807) is 6.20 Å². The highest BCUT2D eigenvalue weighted by molar-refractivity contribution is 6.28. The summed E-state index contributed by atoms with van der Waals surface area (Å²) in [7, 11) is 0. The summed E-state index contributed by atoms with van der Waals surface area (Å²) in [5.41, 5.74) is 0. The van der Waals surface area contributed by atoms with Crippen LogP contribution in [0.15, 0.2) is 12.3 Å². The Morgan fingerprint density at radius 1 is 1.38 bits per heavy atom. The van der Waals surface area contributed by atoms with E-state index < -0.39 is 0 Å². The molecule has 0 amide bonds. The zero-order chi connectivity index (χ0) is 11.4. The highest BCUT2D eigenvalue weighted by Gasteiger charge is 2.20. The van der Waals surface area contributed by atoms with Crippen LogP contribution < -0.4 is 5.32 Å². The highest BCUT2D eigenvalue weighted by Crippen LogP contribution is 2.27. The van der Waals surface area contributed by atoms with Crippen molar-refractivity contribution in [1.29, 1.82) is 0 Å². The number of nitrogens with one attached hydrogen (secondary N) is 1. The third-order valence-electron chi connectivity index (χ3n) is 3.36. The molecule has 1 saturated carbocycles. The molecule has 3 nitrogen and oxygen atoms in total. The molecule has 1 unspecified atom stereocenters. The standard InChI is InChI=1S/C12H18ClN3/c1-9(10-5-3-2-4-6-10)15-11-7-8-14-12(13)16-11/h7-10H,2-6H2,1H3,(H,14,15,16). The average molecular weight is 240 g/mol. The first-order valence-corrected chi connectivity index (χ1v) is 6.38. The molecule has 16 heavy (non-hydrogen) atoms. The minimum atomic E-state index is 0.306. The Labute approximate surface area is 102 Å². The zero-order valence-electron chi connectivity index (χ0n) is 9.62. The number of anilines is 1. The van der Waals surface area contributed by atoms with Crippen molar-refractivity contribution in [2.24, 2.45) is 5.92 Å². The van der Waals surface area contributed by atoms with Gasteiger partial charge in [-0.15, -0.1) is 0 Å². The molecule has 0 spiro atoms. The van der Waals surface area contributed by atoms with Crippen LogP contribution in [0, 0.1) is 5.92 Å².